The Hall–Kier alpha value is -1.28. The van der Waals surface area contributed by atoms with Gasteiger partial charge < -0.3 is 14.7 Å². The molecule has 1 fully saturated rings. The van der Waals surface area contributed by atoms with Gasteiger partial charge in [0.1, 0.15) is 5.60 Å². The van der Waals surface area contributed by atoms with Crippen molar-refractivity contribution >= 4 is 6.09 Å². The summed E-state index contributed by atoms with van der Waals surface area (Å²) in [5, 5.41) is 18.6. The van der Waals surface area contributed by atoms with E-state index in [0.29, 0.717) is 19.4 Å². The molecular formula is C12H20N2O3. The number of nitrogens with zero attached hydrogens (tertiary/aromatic N) is 2. The molecule has 0 aromatic rings. The number of rotatable bonds is 0. The van der Waals surface area contributed by atoms with Crippen molar-refractivity contribution in [2.75, 3.05) is 13.1 Å². The van der Waals surface area contributed by atoms with Gasteiger partial charge in [-0.05, 0) is 33.6 Å². The number of likely N-dealkylation sites (tertiary alicyclic amines) is 1. The standard InChI is InChI=1S/C12H20N2O3/c1-12(2,3)17-11(16)14-5-4-9(7-13)6-10(15)8-14/h9-10,15H,4-6,8H2,1-3H3. The van der Waals surface area contributed by atoms with Gasteiger partial charge in [0, 0.05) is 13.1 Å². The van der Waals surface area contributed by atoms with Crippen molar-refractivity contribution in [2.24, 2.45) is 5.92 Å². The third-order valence-electron chi connectivity index (χ3n) is 2.57. The van der Waals surface area contributed by atoms with Crippen LogP contribution >= 0.6 is 0 Å². The predicted octanol–water partition coefficient (Wildman–Crippen LogP) is 1.52. The molecule has 1 rings (SSSR count). The van der Waals surface area contributed by atoms with Crippen molar-refractivity contribution < 1.29 is 14.6 Å². The van der Waals surface area contributed by atoms with E-state index >= 15 is 0 Å². The number of hydrogen-bond acceptors (Lipinski definition) is 4. The number of carbonyl (C=O) groups is 1. The Balaban J connectivity index is 2.60. The molecule has 1 N–H and O–H groups in total. The molecule has 0 aromatic carbocycles. The molecule has 0 aliphatic carbocycles. The molecular weight excluding hydrogens is 220 g/mol. The Morgan fingerprint density at radius 3 is 2.71 bits per heavy atom. The van der Waals surface area contributed by atoms with E-state index in [0.717, 1.165) is 0 Å². The number of carbonyl (C=O) groups excluding carboxylic acids is 1. The molecule has 5 nitrogen and oxygen atoms in total. The van der Waals surface area contributed by atoms with Crippen molar-refractivity contribution in [1.82, 2.24) is 4.90 Å². The number of aliphatic hydroxyl groups excluding tert-OH is 1. The molecule has 0 saturated carbocycles. The number of amides is 1. The van der Waals surface area contributed by atoms with Gasteiger partial charge in [0.25, 0.3) is 0 Å². The Kier molecular flexibility index (Phi) is 4.35. The van der Waals surface area contributed by atoms with Crippen LogP contribution in [0.2, 0.25) is 0 Å². The van der Waals surface area contributed by atoms with Gasteiger partial charge in [-0.2, -0.15) is 5.26 Å². The third-order valence-corrected chi connectivity index (χ3v) is 2.57. The first-order chi connectivity index (χ1) is 7.81. The van der Waals surface area contributed by atoms with Crippen LogP contribution in [0, 0.1) is 17.2 Å². The van der Waals surface area contributed by atoms with Gasteiger partial charge in [0.15, 0.2) is 0 Å². The zero-order valence-corrected chi connectivity index (χ0v) is 10.6. The summed E-state index contributed by atoms with van der Waals surface area (Å²) in [6.45, 7) is 6.11. The summed E-state index contributed by atoms with van der Waals surface area (Å²) in [5.74, 6) is -0.183. The molecule has 1 heterocycles. The minimum absolute atomic E-state index is 0.183. The largest absolute Gasteiger partial charge is 0.444 e. The number of nitriles is 1. The first-order valence-corrected chi connectivity index (χ1v) is 5.87. The van der Waals surface area contributed by atoms with Crippen LogP contribution in [0.25, 0.3) is 0 Å². The highest BCUT2D eigenvalue weighted by molar-refractivity contribution is 5.68. The number of aliphatic hydroxyl groups is 1. The summed E-state index contributed by atoms with van der Waals surface area (Å²) in [4.78, 5) is 13.3. The summed E-state index contributed by atoms with van der Waals surface area (Å²) < 4.78 is 5.24. The van der Waals surface area contributed by atoms with Gasteiger partial charge in [0.05, 0.1) is 18.1 Å². The highest BCUT2D eigenvalue weighted by Gasteiger charge is 2.28. The molecule has 1 saturated heterocycles. The Bertz CT molecular complexity index is 317. The van der Waals surface area contributed by atoms with E-state index < -0.39 is 17.8 Å². The van der Waals surface area contributed by atoms with Gasteiger partial charge in [-0.15, -0.1) is 0 Å². The van der Waals surface area contributed by atoms with E-state index in [-0.39, 0.29) is 12.5 Å². The molecule has 96 valence electrons. The summed E-state index contributed by atoms with van der Waals surface area (Å²) in [7, 11) is 0. The van der Waals surface area contributed by atoms with E-state index in [9.17, 15) is 9.90 Å². The van der Waals surface area contributed by atoms with E-state index in [1.54, 1.807) is 20.8 Å². The zero-order chi connectivity index (χ0) is 13.1. The molecule has 17 heavy (non-hydrogen) atoms. The van der Waals surface area contributed by atoms with Gasteiger partial charge >= 0.3 is 6.09 Å². The molecule has 2 unspecified atom stereocenters. The summed E-state index contributed by atoms with van der Waals surface area (Å²) >= 11 is 0. The second-order valence-corrected chi connectivity index (χ2v) is 5.43. The quantitative estimate of drug-likeness (QED) is 0.696. The van der Waals surface area contributed by atoms with Gasteiger partial charge in [-0.25, -0.2) is 4.79 Å². The van der Waals surface area contributed by atoms with Crippen molar-refractivity contribution in [1.29, 1.82) is 5.26 Å². The fraction of sp³-hybridized carbons (Fsp3) is 0.833. The number of hydrogen-bond donors (Lipinski definition) is 1. The fourth-order valence-corrected chi connectivity index (χ4v) is 1.79. The predicted molar refractivity (Wildman–Crippen MR) is 62.2 cm³/mol. The number of ether oxygens (including phenoxy) is 1. The van der Waals surface area contributed by atoms with Crippen molar-refractivity contribution in [3.63, 3.8) is 0 Å². The van der Waals surface area contributed by atoms with Gasteiger partial charge in [-0.1, -0.05) is 0 Å². The molecule has 1 aliphatic heterocycles. The molecule has 0 aromatic heterocycles. The van der Waals surface area contributed by atoms with Crippen LogP contribution in [0.4, 0.5) is 4.79 Å². The van der Waals surface area contributed by atoms with Crippen molar-refractivity contribution in [3.8, 4) is 6.07 Å². The molecule has 1 amide bonds. The molecule has 1 aliphatic rings. The van der Waals surface area contributed by atoms with E-state index in [2.05, 4.69) is 6.07 Å². The lowest BCUT2D eigenvalue weighted by Crippen LogP contribution is -2.40. The average molecular weight is 240 g/mol. The lowest BCUT2D eigenvalue weighted by Gasteiger charge is -2.27. The Morgan fingerprint density at radius 1 is 1.53 bits per heavy atom. The lowest BCUT2D eigenvalue weighted by atomic mass is 10.0. The van der Waals surface area contributed by atoms with E-state index in [4.69, 9.17) is 10.00 Å². The molecule has 0 bridgehead atoms. The highest BCUT2D eigenvalue weighted by Crippen LogP contribution is 2.19. The van der Waals surface area contributed by atoms with Crippen LogP contribution in [0.15, 0.2) is 0 Å². The lowest BCUT2D eigenvalue weighted by molar-refractivity contribution is 0.0173. The average Bonchev–Trinajstić information content (AvgIpc) is 2.37. The Morgan fingerprint density at radius 2 is 2.18 bits per heavy atom. The fourth-order valence-electron chi connectivity index (χ4n) is 1.79. The van der Waals surface area contributed by atoms with Gasteiger partial charge in [-0.3, -0.25) is 0 Å². The van der Waals surface area contributed by atoms with Crippen LogP contribution < -0.4 is 0 Å². The third kappa shape index (κ3) is 4.61. The first kappa shape index (κ1) is 13.8. The van der Waals surface area contributed by atoms with Crippen LogP contribution in [-0.4, -0.2) is 40.9 Å². The molecule has 2 atom stereocenters. The topological polar surface area (TPSA) is 73.6 Å². The summed E-state index contributed by atoms with van der Waals surface area (Å²) in [6.07, 6.45) is -0.0485. The maximum absolute atomic E-state index is 11.8. The van der Waals surface area contributed by atoms with Crippen LogP contribution in [-0.2, 0) is 4.74 Å². The first-order valence-electron chi connectivity index (χ1n) is 5.87. The Labute approximate surface area is 102 Å². The minimum Gasteiger partial charge on any atom is -0.444 e. The smallest absolute Gasteiger partial charge is 0.410 e. The maximum Gasteiger partial charge on any atom is 0.410 e. The second kappa shape index (κ2) is 5.37. The van der Waals surface area contributed by atoms with Crippen molar-refractivity contribution in [3.05, 3.63) is 0 Å². The van der Waals surface area contributed by atoms with Gasteiger partial charge in [0.2, 0.25) is 0 Å². The second-order valence-electron chi connectivity index (χ2n) is 5.43. The molecule has 5 heteroatoms. The number of β-amino-alcohol motifs (C(OH)–C–C–N with tert-alkyl or cyclic N) is 1. The monoisotopic (exact) mass is 240 g/mol. The highest BCUT2D eigenvalue weighted by atomic mass is 16.6. The zero-order valence-electron chi connectivity index (χ0n) is 10.6. The van der Waals surface area contributed by atoms with Crippen molar-refractivity contribution in [2.45, 2.75) is 45.3 Å². The molecule has 0 spiro atoms. The normalized spacial score (nSPS) is 25.9. The van der Waals surface area contributed by atoms with E-state index in [1.165, 1.54) is 4.90 Å². The maximum atomic E-state index is 11.8. The van der Waals surface area contributed by atoms with Crippen LogP contribution in [0.3, 0.4) is 0 Å². The van der Waals surface area contributed by atoms with E-state index in [1.807, 2.05) is 0 Å². The SMILES string of the molecule is CC(C)(C)OC(=O)N1CCC(C#N)CC(O)C1. The van der Waals surface area contributed by atoms with Crippen LogP contribution in [0.5, 0.6) is 0 Å². The minimum atomic E-state index is -0.644. The molecule has 0 radical (unpaired) electrons. The summed E-state index contributed by atoms with van der Waals surface area (Å²) in [5.41, 5.74) is -0.539. The summed E-state index contributed by atoms with van der Waals surface area (Å²) in [6, 6.07) is 2.14. The van der Waals surface area contributed by atoms with Crippen LogP contribution in [0.1, 0.15) is 33.6 Å².